The molecule has 1 amide bonds. The fraction of sp³-hybridized carbons (Fsp3) is 0.444. The minimum Gasteiger partial charge on any atom is -0.448 e. The largest absolute Gasteiger partial charge is 0.448 e. The summed E-state index contributed by atoms with van der Waals surface area (Å²) in [6.07, 6.45) is 3.04. The van der Waals surface area contributed by atoms with E-state index >= 15 is 0 Å². The van der Waals surface area contributed by atoms with Crippen LogP contribution in [0, 0.1) is 0 Å². The predicted molar refractivity (Wildman–Crippen MR) is 95.4 cm³/mol. The van der Waals surface area contributed by atoms with Crippen LogP contribution in [-0.4, -0.2) is 28.1 Å². The topological polar surface area (TPSA) is 56.2 Å². The van der Waals surface area contributed by atoms with Gasteiger partial charge in [-0.15, -0.1) is 11.6 Å². The van der Waals surface area contributed by atoms with Crippen molar-refractivity contribution in [1.82, 2.24) is 14.9 Å². The van der Waals surface area contributed by atoms with E-state index in [0.717, 1.165) is 11.4 Å². The van der Waals surface area contributed by atoms with Crippen molar-refractivity contribution in [2.45, 2.75) is 32.2 Å². The van der Waals surface area contributed by atoms with Gasteiger partial charge in [-0.1, -0.05) is 45.0 Å². The highest BCUT2D eigenvalue weighted by Crippen LogP contribution is 2.26. The number of imidazole rings is 1. The van der Waals surface area contributed by atoms with Gasteiger partial charge in [-0.3, -0.25) is 0 Å². The molecule has 5 nitrogen and oxygen atoms in total. The number of nitrogens with one attached hydrogen (secondary N) is 1. The zero-order valence-electron chi connectivity index (χ0n) is 14.5. The Bertz CT molecular complexity index is 674. The monoisotopic (exact) mass is 349 g/mol. The van der Waals surface area contributed by atoms with Gasteiger partial charge < -0.3 is 14.6 Å². The number of amides is 1. The summed E-state index contributed by atoms with van der Waals surface area (Å²) in [5.74, 6) is 1.00. The van der Waals surface area contributed by atoms with Crippen LogP contribution in [0.1, 0.15) is 43.8 Å². The molecule has 2 aromatic rings. The van der Waals surface area contributed by atoms with E-state index in [0.29, 0.717) is 0 Å². The number of ether oxygens (including phenoxy) is 1. The number of hydrogen-bond acceptors (Lipinski definition) is 3. The van der Waals surface area contributed by atoms with Crippen LogP contribution in [0.25, 0.3) is 0 Å². The van der Waals surface area contributed by atoms with E-state index in [4.69, 9.17) is 16.3 Å². The van der Waals surface area contributed by atoms with Crippen molar-refractivity contribution in [3.63, 3.8) is 0 Å². The first kappa shape index (κ1) is 18.3. The molecule has 130 valence electrons. The third kappa shape index (κ3) is 4.51. The van der Waals surface area contributed by atoms with E-state index in [-0.39, 0.29) is 23.9 Å². The lowest BCUT2D eigenvalue weighted by atomic mass is 9.86. The van der Waals surface area contributed by atoms with Gasteiger partial charge in [0.15, 0.2) is 0 Å². The van der Waals surface area contributed by atoms with Gasteiger partial charge in [-0.25, -0.2) is 9.78 Å². The van der Waals surface area contributed by atoms with Crippen molar-refractivity contribution < 1.29 is 9.53 Å². The lowest BCUT2D eigenvalue weighted by Gasteiger charge is -2.22. The third-order valence-electron chi connectivity index (χ3n) is 3.80. The zero-order chi connectivity index (χ0) is 17.7. The number of rotatable bonds is 5. The molecule has 0 saturated carbocycles. The Balaban J connectivity index is 2.29. The van der Waals surface area contributed by atoms with E-state index in [9.17, 15) is 4.79 Å². The smallest absolute Gasteiger partial charge is 0.408 e. The Kier molecular flexibility index (Phi) is 5.89. The maximum absolute atomic E-state index is 12.0. The minimum atomic E-state index is -0.511. The summed E-state index contributed by atoms with van der Waals surface area (Å²) < 4.78 is 6.92. The van der Waals surface area contributed by atoms with Crippen LogP contribution >= 0.6 is 11.6 Å². The highest BCUT2D eigenvalue weighted by molar-refractivity contribution is 6.18. The van der Waals surface area contributed by atoms with Gasteiger partial charge in [-0.2, -0.15) is 0 Å². The summed E-state index contributed by atoms with van der Waals surface area (Å²) >= 11 is 5.56. The number of aryl methyl sites for hydroxylation is 1. The average Bonchev–Trinajstić information content (AvgIpc) is 2.96. The number of alkyl halides is 1. The molecule has 0 aliphatic rings. The highest BCUT2D eigenvalue weighted by Gasteiger charge is 2.22. The number of carbonyl (C=O) groups is 1. The normalized spacial score (nSPS) is 12.7. The van der Waals surface area contributed by atoms with Crippen molar-refractivity contribution in [2.24, 2.45) is 7.05 Å². The van der Waals surface area contributed by atoms with Crippen LogP contribution in [0.3, 0.4) is 0 Å². The van der Waals surface area contributed by atoms with Crippen molar-refractivity contribution in [1.29, 1.82) is 0 Å². The standard InChI is InChI=1S/C18H24ClN3O2/c1-18(2,3)14-7-5-13(6-8-14)15(16-20-10-11-22(16)4)21-17(23)24-12-9-19/h5-8,10-11,15H,9,12H2,1-4H3,(H,21,23). The number of alkyl carbamates (subject to hydrolysis) is 1. The Morgan fingerprint density at radius 3 is 2.50 bits per heavy atom. The second-order valence-electron chi connectivity index (χ2n) is 6.67. The number of carbonyl (C=O) groups excluding carboxylic acids is 1. The second-order valence-corrected chi connectivity index (χ2v) is 7.05. The molecule has 0 fully saturated rings. The van der Waals surface area contributed by atoms with E-state index < -0.39 is 6.09 Å². The summed E-state index contributed by atoms with van der Waals surface area (Å²) in [7, 11) is 1.89. The fourth-order valence-corrected chi connectivity index (χ4v) is 2.50. The van der Waals surface area contributed by atoms with Crippen molar-refractivity contribution >= 4 is 17.7 Å². The molecule has 1 N–H and O–H groups in total. The molecule has 0 aliphatic heterocycles. The van der Waals surface area contributed by atoms with Gasteiger partial charge >= 0.3 is 6.09 Å². The number of benzene rings is 1. The molecule has 0 saturated heterocycles. The van der Waals surface area contributed by atoms with Gasteiger partial charge in [0.1, 0.15) is 18.5 Å². The van der Waals surface area contributed by atoms with Crippen LogP contribution in [0.5, 0.6) is 0 Å². The lowest BCUT2D eigenvalue weighted by molar-refractivity contribution is 0.150. The fourth-order valence-electron chi connectivity index (χ4n) is 2.42. The first-order chi connectivity index (χ1) is 11.3. The van der Waals surface area contributed by atoms with Gasteiger partial charge in [0.05, 0.1) is 5.88 Å². The molecule has 0 bridgehead atoms. The lowest BCUT2D eigenvalue weighted by Crippen LogP contribution is -2.32. The number of aromatic nitrogens is 2. The molecule has 1 heterocycles. The molecule has 0 spiro atoms. The minimum absolute atomic E-state index is 0.0734. The van der Waals surface area contributed by atoms with Gasteiger partial charge in [0.25, 0.3) is 0 Å². The second kappa shape index (κ2) is 7.71. The van der Waals surface area contributed by atoms with Crippen LogP contribution in [0.2, 0.25) is 0 Å². The quantitative estimate of drug-likeness (QED) is 0.836. The summed E-state index contributed by atoms with van der Waals surface area (Å²) in [6, 6.07) is 7.80. The summed E-state index contributed by atoms with van der Waals surface area (Å²) in [4.78, 5) is 16.4. The molecular formula is C18H24ClN3O2. The maximum Gasteiger partial charge on any atom is 0.408 e. The van der Waals surface area contributed by atoms with E-state index in [1.807, 2.05) is 29.9 Å². The van der Waals surface area contributed by atoms with Gasteiger partial charge in [0.2, 0.25) is 0 Å². The highest BCUT2D eigenvalue weighted by atomic mass is 35.5. The Hall–Kier alpha value is -2.01. The van der Waals surface area contributed by atoms with Crippen LogP contribution in [-0.2, 0) is 17.2 Å². The summed E-state index contributed by atoms with van der Waals surface area (Å²) in [6.45, 7) is 6.67. The van der Waals surface area contributed by atoms with Gasteiger partial charge in [-0.05, 0) is 16.5 Å². The van der Waals surface area contributed by atoms with Crippen LogP contribution in [0.4, 0.5) is 4.79 Å². The van der Waals surface area contributed by atoms with E-state index in [1.54, 1.807) is 6.20 Å². The average molecular weight is 350 g/mol. The van der Waals surface area contributed by atoms with Crippen LogP contribution in [0.15, 0.2) is 36.7 Å². The van der Waals surface area contributed by atoms with E-state index in [1.165, 1.54) is 5.56 Å². The Labute approximate surface area is 148 Å². The molecule has 24 heavy (non-hydrogen) atoms. The Morgan fingerprint density at radius 1 is 1.33 bits per heavy atom. The zero-order valence-corrected chi connectivity index (χ0v) is 15.3. The Morgan fingerprint density at radius 2 is 2.00 bits per heavy atom. The SMILES string of the molecule is Cn1ccnc1C(NC(=O)OCCCl)c1ccc(C(C)(C)C)cc1. The first-order valence-corrected chi connectivity index (χ1v) is 8.43. The number of halogens is 1. The molecule has 1 aromatic carbocycles. The molecule has 1 aromatic heterocycles. The van der Waals surface area contributed by atoms with Crippen molar-refractivity contribution in [3.8, 4) is 0 Å². The summed E-state index contributed by atoms with van der Waals surface area (Å²) in [5, 5.41) is 2.87. The molecule has 0 radical (unpaired) electrons. The molecule has 6 heteroatoms. The summed E-state index contributed by atoms with van der Waals surface area (Å²) in [5.41, 5.74) is 2.25. The van der Waals surface area contributed by atoms with Crippen molar-refractivity contribution in [3.05, 3.63) is 53.6 Å². The molecular weight excluding hydrogens is 326 g/mol. The molecule has 0 aliphatic carbocycles. The first-order valence-electron chi connectivity index (χ1n) is 7.90. The molecule has 1 atom stereocenters. The third-order valence-corrected chi connectivity index (χ3v) is 3.95. The molecule has 1 unspecified atom stereocenters. The van der Waals surface area contributed by atoms with Crippen molar-refractivity contribution in [2.75, 3.05) is 12.5 Å². The van der Waals surface area contributed by atoms with E-state index in [2.05, 4.69) is 43.2 Å². The maximum atomic E-state index is 12.0. The number of nitrogens with zero attached hydrogens (tertiary/aromatic N) is 2. The van der Waals surface area contributed by atoms with Gasteiger partial charge in [0, 0.05) is 19.4 Å². The number of hydrogen-bond donors (Lipinski definition) is 1. The van der Waals surface area contributed by atoms with Crippen LogP contribution < -0.4 is 5.32 Å². The molecule has 2 rings (SSSR count). The predicted octanol–water partition coefficient (Wildman–Crippen LogP) is 3.77.